The van der Waals surface area contributed by atoms with Gasteiger partial charge in [-0.3, -0.25) is 0 Å². The molecule has 0 radical (unpaired) electrons. The largest absolute Gasteiger partial charge is 0.481 e. The van der Waals surface area contributed by atoms with E-state index in [1.165, 1.54) is 24.3 Å². The average Bonchev–Trinajstić information content (AvgIpc) is 3.22. The zero-order chi connectivity index (χ0) is 19.6. The van der Waals surface area contributed by atoms with Crippen molar-refractivity contribution >= 4 is 0 Å². The van der Waals surface area contributed by atoms with Gasteiger partial charge in [-0.15, -0.1) is 10.2 Å². The van der Waals surface area contributed by atoms with Crippen LogP contribution in [-0.4, -0.2) is 23.4 Å². The standard InChI is InChI=1S/C21H20F2N2O3/c1-14(27-18-8-6-17(23)7-9-18)19-24-25-20(28-19)21(10-12-26-13-11-21)15-2-4-16(22)5-3-15/h2-9,14H,10-13H2,1H3/t14-/m1/s1. The molecule has 146 valence electrons. The van der Waals surface area contributed by atoms with Crippen LogP contribution in [0.1, 0.15) is 43.2 Å². The van der Waals surface area contributed by atoms with Gasteiger partial charge in [0.1, 0.15) is 17.4 Å². The fourth-order valence-electron chi connectivity index (χ4n) is 3.47. The predicted octanol–water partition coefficient (Wildman–Crippen LogP) is 4.58. The molecule has 5 nitrogen and oxygen atoms in total. The highest BCUT2D eigenvalue weighted by Crippen LogP contribution is 2.41. The fourth-order valence-corrected chi connectivity index (χ4v) is 3.47. The van der Waals surface area contributed by atoms with Crippen molar-refractivity contribution < 1.29 is 22.7 Å². The topological polar surface area (TPSA) is 57.4 Å². The van der Waals surface area contributed by atoms with E-state index in [0.29, 0.717) is 43.6 Å². The Morgan fingerprint density at radius 1 is 0.929 bits per heavy atom. The molecule has 0 aliphatic carbocycles. The minimum absolute atomic E-state index is 0.293. The van der Waals surface area contributed by atoms with Gasteiger partial charge in [-0.2, -0.15) is 0 Å². The van der Waals surface area contributed by atoms with E-state index in [1.807, 2.05) is 0 Å². The summed E-state index contributed by atoms with van der Waals surface area (Å²) in [5.74, 6) is 0.673. The van der Waals surface area contributed by atoms with E-state index in [0.717, 1.165) is 5.56 Å². The summed E-state index contributed by atoms with van der Waals surface area (Å²) in [6.07, 6.45) is 0.817. The van der Waals surface area contributed by atoms with Gasteiger partial charge in [0, 0.05) is 13.2 Å². The normalized spacial score (nSPS) is 17.2. The molecule has 1 aliphatic heterocycles. The lowest BCUT2D eigenvalue weighted by molar-refractivity contribution is 0.0530. The van der Waals surface area contributed by atoms with Crippen LogP contribution in [0, 0.1) is 11.6 Å². The van der Waals surface area contributed by atoms with Crippen LogP contribution in [0.25, 0.3) is 0 Å². The molecule has 0 unspecified atom stereocenters. The number of rotatable bonds is 5. The summed E-state index contributed by atoms with van der Waals surface area (Å²) in [6.45, 7) is 2.89. The maximum absolute atomic E-state index is 13.4. The molecule has 2 aromatic carbocycles. The molecule has 0 spiro atoms. The number of nitrogens with zero attached hydrogens (tertiary/aromatic N) is 2. The Morgan fingerprint density at radius 2 is 1.54 bits per heavy atom. The summed E-state index contributed by atoms with van der Waals surface area (Å²) < 4.78 is 43.7. The van der Waals surface area contributed by atoms with Crippen LogP contribution in [0.2, 0.25) is 0 Å². The molecule has 0 amide bonds. The molecule has 1 aliphatic rings. The first-order valence-corrected chi connectivity index (χ1v) is 9.17. The molecular weight excluding hydrogens is 366 g/mol. The molecule has 2 heterocycles. The second-order valence-corrected chi connectivity index (χ2v) is 6.86. The van der Waals surface area contributed by atoms with Gasteiger partial charge in [-0.25, -0.2) is 8.78 Å². The van der Waals surface area contributed by atoms with Gasteiger partial charge < -0.3 is 13.9 Å². The SMILES string of the molecule is C[C@@H](Oc1ccc(F)cc1)c1nnc(C2(c3ccc(F)cc3)CCOCC2)o1. The highest BCUT2D eigenvalue weighted by atomic mass is 19.1. The Labute approximate surface area is 161 Å². The summed E-state index contributed by atoms with van der Waals surface area (Å²) in [5.41, 5.74) is 0.395. The van der Waals surface area contributed by atoms with E-state index >= 15 is 0 Å². The molecule has 4 rings (SSSR count). The summed E-state index contributed by atoms with van der Waals surface area (Å²) in [5, 5.41) is 8.44. The first-order valence-electron chi connectivity index (χ1n) is 9.17. The Morgan fingerprint density at radius 3 is 2.18 bits per heavy atom. The molecule has 1 fully saturated rings. The maximum Gasteiger partial charge on any atom is 0.256 e. The third-order valence-electron chi connectivity index (χ3n) is 5.07. The smallest absolute Gasteiger partial charge is 0.256 e. The second-order valence-electron chi connectivity index (χ2n) is 6.86. The zero-order valence-corrected chi connectivity index (χ0v) is 15.4. The van der Waals surface area contributed by atoms with Gasteiger partial charge in [0.25, 0.3) is 5.89 Å². The monoisotopic (exact) mass is 386 g/mol. The minimum Gasteiger partial charge on any atom is -0.481 e. The van der Waals surface area contributed by atoms with E-state index in [-0.39, 0.29) is 11.6 Å². The van der Waals surface area contributed by atoms with Crippen molar-refractivity contribution in [3.63, 3.8) is 0 Å². The Kier molecular flexibility index (Phi) is 5.09. The summed E-state index contributed by atoms with van der Waals surface area (Å²) in [6, 6.07) is 12.1. The Hall–Kier alpha value is -2.80. The van der Waals surface area contributed by atoms with Crippen molar-refractivity contribution in [1.29, 1.82) is 0 Å². The van der Waals surface area contributed by atoms with Crippen LogP contribution in [0.15, 0.2) is 52.9 Å². The van der Waals surface area contributed by atoms with E-state index in [2.05, 4.69) is 10.2 Å². The van der Waals surface area contributed by atoms with Crippen molar-refractivity contribution in [2.45, 2.75) is 31.3 Å². The summed E-state index contributed by atoms with van der Waals surface area (Å²) >= 11 is 0. The number of hydrogen-bond acceptors (Lipinski definition) is 5. The highest BCUT2D eigenvalue weighted by molar-refractivity contribution is 5.33. The van der Waals surface area contributed by atoms with E-state index in [4.69, 9.17) is 13.9 Å². The summed E-state index contributed by atoms with van der Waals surface area (Å²) in [4.78, 5) is 0. The van der Waals surface area contributed by atoms with Crippen molar-refractivity contribution in [1.82, 2.24) is 10.2 Å². The van der Waals surface area contributed by atoms with Crippen LogP contribution in [0.3, 0.4) is 0 Å². The lowest BCUT2D eigenvalue weighted by Gasteiger charge is -2.34. The average molecular weight is 386 g/mol. The first kappa shape index (κ1) is 18.6. The van der Waals surface area contributed by atoms with Crippen LogP contribution >= 0.6 is 0 Å². The third kappa shape index (κ3) is 3.62. The quantitative estimate of drug-likeness (QED) is 0.642. The van der Waals surface area contributed by atoms with Crippen molar-refractivity contribution in [3.8, 4) is 5.75 Å². The van der Waals surface area contributed by atoms with Crippen LogP contribution in [0.5, 0.6) is 5.75 Å². The van der Waals surface area contributed by atoms with Gasteiger partial charge in [-0.05, 0) is 61.7 Å². The molecule has 0 N–H and O–H groups in total. The summed E-state index contributed by atoms with van der Waals surface area (Å²) in [7, 11) is 0. The van der Waals surface area contributed by atoms with Gasteiger partial charge in [0.05, 0.1) is 5.41 Å². The Balaban J connectivity index is 1.61. The van der Waals surface area contributed by atoms with Gasteiger partial charge in [0.2, 0.25) is 5.89 Å². The molecule has 0 bridgehead atoms. The molecular formula is C21H20F2N2O3. The molecule has 7 heteroatoms. The number of aromatic nitrogens is 2. The molecule has 28 heavy (non-hydrogen) atoms. The number of benzene rings is 2. The number of hydrogen-bond donors (Lipinski definition) is 0. The molecule has 1 atom stereocenters. The minimum atomic E-state index is -0.521. The van der Waals surface area contributed by atoms with Crippen LogP contribution in [-0.2, 0) is 10.2 Å². The molecule has 1 aromatic heterocycles. The van der Waals surface area contributed by atoms with E-state index in [1.54, 1.807) is 31.2 Å². The maximum atomic E-state index is 13.4. The molecule has 3 aromatic rings. The van der Waals surface area contributed by atoms with Crippen molar-refractivity contribution in [2.24, 2.45) is 0 Å². The Bertz CT molecular complexity index is 920. The van der Waals surface area contributed by atoms with Crippen LogP contribution < -0.4 is 4.74 Å². The molecule has 0 saturated carbocycles. The van der Waals surface area contributed by atoms with E-state index < -0.39 is 11.5 Å². The second kappa shape index (κ2) is 7.67. The number of halogens is 2. The zero-order valence-electron chi connectivity index (χ0n) is 15.4. The van der Waals surface area contributed by atoms with Crippen molar-refractivity contribution in [3.05, 3.63) is 77.5 Å². The highest BCUT2D eigenvalue weighted by Gasteiger charge is 2.41. The van der Waals surface area contributed by atoms with Gasteiger partial charge in [0.15, 0.2) is 6.10 Å². The fraction of sp³-hybridized carbons (Fsp3) is 0.333. The van der Waals surface area contributed by atoms with Gasteiger partial charge >= 0.3 is 0 Å². The predicted molar refractivity (Wildman–Crippen MR) is 97.0 cm³/mol. The first-order chi connectivity index (χ1) is 13.6. The lowest BCUT2D eigenvalue weighted by atomic mass is 9.74. The lowest BCUT2D eigenvalue weighted by Crippen LogP contribution is -2.35. The van der Waals surface area contributed by atoms with Gasteiger partial charge in [-0.1, -0.05) is 12.1 Å². The van der Waals surface area contributed by atoms with Crippen LogP contribution in [0.4, 0.5) is 8.78 Å². The third-order valence-corrected chi connectivity index (χ3v) is 5.07. The van der Waals surface area contributed by atoms with E-state index in [9.17, 15) is 8.78 Å². The molecule has 1 saturated heterocycles. The van der Waals surface area contributed by atoms with Crippen molar-refractivity contribution in [2.75, 3.05) is 13.2 Å². The number of ether oxygens (including phenoxy) is 2.